The van der Waals surface area contributed by atoms with Crippen LogP contribution in [0.4, 0.5) is 0 Å². The van der Waals surface area contributed by atoms with Crippen LogP contribution in [0.1, 0.15) is 32.6 Å². The van der Waals surface area contributed by atoms with E-state index < -0.39 is 0 Å². The van der Waals surface area contributed by atoms with E-state index in [-0.39, 0.29) is 5.75 Å². The smallest absolute Gasteiger partial charge is 0.169 e. The van der Waals surface area contributed by atoms with E-state index in [0.717, 1.165) is 11.6 Å². The number of piperidine rings is 1. The van der Waals surface area contributed by atoms with Crippen LogP contribution in [0.3, 0.4) is 0 Å². The zero-order chi connectivity index (χ0) is 12.3. The van der Waals surface area contributed by atoms with Crippen LogP contribution >= 0.6 is 0 Å². The lowest BCUT2D eigenvalue weighted by atomic mass is 10.0. The fourth-order valence-electron chi connectivity index (χ4n) is 2.43. The van der Waals surface area contributed by atoms with Crippen LogP contribution in [-0.4, -0.2) is 29.6 Å². The van der Waals surface area contributed by atoms with Crippen molar-refractivity contribution in [3.8, 4) is 5.75 Å². The van der Waals surface area contributed by atoms with E-state index in [0.29, 0.717) is 5.58 Å². The first-order valence-corrected chi connectivity index (χ1v) is 6.42. The third-order valence-corrected chi connectivity index (χ3v) is 3.55. The molecule has 1 aliphatic heterocycles. The number of benzene rings is 1. The Bertz CT molecular complexity index is 437. The minimum Gasteiger partial charge on any atom is -0.504 e. The summed E-state index contributed by atoms with van der Waals surface area (Å²) in [6.07, 6.45) is 5.61. The number of aromatic hydroxyl groups is 1. The molecule has 94 valence electrons. The Morgan fingerprint density at radius 1 is 1.41 bits per heavy atom. The number of furan rings is 2. The van der Waals surface area contributed by atoms with Gasteiger partial charge < -0.3 is 14.4 Å². The van der Waals surface area contributed by atoms with Crippen molar-refractivity contribution in [2.45, 2.75) is 38.6 Å². The van der Waals surface area contributed by atoms with Gasteiger partial charge in [-0.3, -0.25) is 0 Å². The summed E-state index contributed by atoms with van der Waals surface area (Å²) in [7, 11) is 2.24. The van der Waals surface area contributed by atoms with Crippen molar-refractivity contribution in [1.82, 2.24) is 4.90 Å². The van der Waals surface area contributed by atoms with Crippen molar-refractivity contribution >= 4 is 11.2 Å². The van der Waals surface area contributed by atoms with Gasteiger partial charge in [0.15, 0.2) is 11.3 Å². The molecule has 1 fully saturated rings. The maximum Gasteiger partial charge on any atom is 0.169 e. The predicted octanol–water partition coefficient (Wildman–Crippen LogP) is 3.46. The minimum absolute atomic E-state index is 0.238. The average molecular weight is 235 g/mol. The molecule has 0 aromatic carbocycles. The quantitative estimate of drug-likeness (QED) is 0.822. The molecule has 3 heteroatoms. The summed E-state index contributed by atoms with van der Waals surface area (Å²) in [6.45, 7) is 3.60. The van der Waals surface area contributed by atoms with Crippen LogP contribution in [0.2, 0.25) is 0 Å². The first kappa shape index (κ1) is 12.2. The molecule has 2 aromatic rings. The fourth-order valence-corrected chi connectivity index (χ4v) is 2.43. The van der Waals surface area contributed by atoms with Crippen LogP contribution < -0.4 is 0 Å². The summed E-state index contributed by atoms with van der Waals surface area (Å²) < 4.78 is 4.96. The number of phenolic OH excluding ortho intramolecular Hbond substituents is 1. The van der Waals surface area contributed by atoms with Crippen LogP contribution in [0.25, 0.3) is 11.2 Å². The van der Waals surface area contributed by atoms with Gasteiger partial charge in [0.1, 0.15) is 5.58 Å². The molecule has 2 bridgehead atoms. The van der Waals surface area contributed by atoms with Gasteiger partial charge in [0, 0.05) is 12.1 Å². The fraction of sp³-hybridized carbons (Fsp3) is 0.571. The Kier molecular flexibility index (Phi) is 3.89. The molecule has 1 atom stereocenters. The second-order valence-electron chi connectivity index (χ2n) is 4.77. The SMILES string of the molecule is CCC1CCCCN1C.Oc1cc2ccc1o2. The van der Waals surface area contributed by atoms with E-state index >= 15 is 0 Å². The number of rotatable bonds is 1. The zero-order valence-corrected chi connectivity index (χ0v) is 10.6. The molecule has 1 saturated heterocycles. The molecular formula is C14H21NO2. The number of hydrogen-bond acceptors (Lipinski definition) is 3. The molecule has 0 spiro atoms. The van der Waals surface area contributed by atoms with Gasteiger partial charge in [0.05, 0.1) is 0 Å². The standard InChI is InChI=1S/C8H17N.C6H4O2/c1-3-8-6-4-5-7-9(8)2;7-5-3-4-1-2-6(5)8-4/h8H,3-7H2,1-2H3;1-3,7H. The third-order valence-electron chi connectivity index (χ3n) is 3.55. The molecule has 17 heavy (non-hydrogen) atoms. The van der Waals surface area contributed by atoms with Gasteiger partial charge in [-0.05, 0) is 45.0 Å². The van der Waals surface area contributed by atoms with E-state index in [9.17, 15) is 0 Å². The highest BCUT2D eigenvalue weighted by Gasteiger charge is 2.15. The minimum atomic E-state index is 0.238. The summed E-state index contributed by atoms with van der Waals surface area (Å²) in [5, 5.41) is 8.85. The van der Waals surface area contributed by atoms with Crippen LogP contribution in [0.15, 0.2) is 22.6 Å². The normalized spacial score (nSPS) is 21.4. The van der Waals surface area contributed by atoms with Crippen molar-refractivity contribution < 1.29 is 9.52 Å². The van der Waals surface area contributed by atoms with Crippen molar-refractivity contribution in [2.24, 2.45) is 0 Å². The lowest BCUT2D eigenvalue weighted by molar-refractivity contribution is 0.181. The first-order chi connectivity index (χ1) is 8.20. The Morgan fingerprint density at radius 2 is 2.24 bits per heavy atom. The Balaban J connectivity index is 0.000000127. The second-order valence-corrected chi connectivity index (χ2v) is 4.77. The molecule has 0 saturated carbocycles. The van der Waals surface area contributed by atoms with Crippen LogP contribution in [0, 0.1) is 0 Å². The van der Waals surface area contributed by atoms with Gasteiger partial charge in [-0.2, -0.15) is 0 Å². The van der Waals surface area contributed by atoms with Gasteiger partial charge in [-0.25, -0.2) is 0 Å². The number of nitrogens with zero attached hydrogens (tertiary/aromatic N) is 1. The van der Waals surface area contributed by atoms with Crippen molar-refractivity contribution in [1.29, 1.82) is 0 Å². The van der Waals surface area contributed by atoms with Gasteiger partial charge >= 0.3 is 0 Å². The van der Waals surface area contributed by atoms with Gasteiger partial charge in [0.25, 0.3) is 0 Å². The number of fused-ring (bicyclic) bond motifs is 2. The summed E-state index contributed by atoms with van der Waals surface area (Å²) in [4.78, 5) is 2.49. The lowest BCUT2D eigenvalue weighted by Crippen LogP contribution is -2.35. The number of likely N-dealkylation sites (tertiary alicyclic amines) is 1. The zero-order valence-electron chi connectivity index (χ0n) is 10.6. The monoisotopic (exact) mass is 235 g/mol. The van der Waals surface area contributed by atoms with E-state index in [1.54, 1.807) is 12.1 Å². The molecule has 2 aromatic heterocycles. The molecule has 3 heterocycles. The Morgan fingerprint density at radius 3 is 2.59 bits per heavy atom. The first-order valence-electron chi connectivity index (χ1n) is 6.42. The van der Waals surface area contributed by atoms with E-state index in [4.69, 9.17) is 9.52 Å². The third kappa shape index (κ3) is 2.91. The van der Waals surface area contributed by atoms with E-state index in [1.807, 2.05) is 6.07 Å². The van der Waals surface area contributed by atoms with Gasteiger partial charge in [-0.15, -0.1) is 0 Å². The van der Waals surface area contributed by atoms with Crippen LogP contribution in [-0.2, 0) is 0 Å². The van der Waals surface area contributed by atoms with Gasteiger partial charge in [0.2, 0.25) is 0 Å². The molecule has 0 aliphatic carbocycles. The number of phenols is 1. The summed E-state index contributed by atoms with van der Waals surface area (Å²) in [6, 6.07) is 6.04. The molecule has 3 nitrogen and oxygen atoms in total. The van der Waals surface area contributed by atoms with Crippen LogP contribution in [0.5, 0.6) is 5.75 Å². The molecule has 3 rings (SSSR count). The summed E-state index contributed by atoms with van der Waals surface area (Å²) in [5.41, 5.74) is 1.30. The highest BCUT2D eigenvalue weighted by Crippen LogP contribution is 2.26. The van der Waals surface area contributed by atoms with Crippen molar-refractivity contribution in [3.63, 3.8) is 0 Å². The largest absolute Gasteiger partial charge is 0.504 e. The molecule has 0 radical (unpaired) electrons. The predicted molar refractivity (Wildman–Crippen MR) is 69.6 cm³/mol. The van der Waals surface area contributed by atoms with Crippen molar-refractivity contribution in [3.05, 3.63) is 18.2 Å². The van der Waals surface area contributed by atoms with E-state index in [2.05, 4.69) is 18.9 Å². The average Bonchev–Trinajstić information content (AvgIpc) is 2.92. The molecule has 1 aliphatic rings. The molecule has 1 N–H and O–H groups in total. The van der Waals surface area contributed by atoms with Gasteiger partial charge in [-0.1, -0.05) is 13.3 Å². The Hall–Kier alpha value is -1.22. The maximum atomic E-state index is 8.85. The van der Waals surface area contributed by atoms with E-state index in [1.165, 1.54) is 32.2 Å². The number of hydrogen-bond donors (Lipinski definition) is 1. The maximum absolute atomic E-state index is 8.85. The molecule has 1 unspecified atom stereocenters. The highest BCUT2D eigenvalue weighted by molar-refractivity contribution is 5.68. The second kappa shape index (κ2) is 5.41. The topological polar surface area (TPSA) is 36.6 Å². The lowest BCUT2D eigenvalue weighted by Gasteiger charge is -2.31. The molecular weight excluding hydrogens is 214 g/mol. The van der Waals surface area contributed by atoms with Crippen molar-refractivity contribution in [2.75, 3.05) is 13.6 Å². The molecule has 0 amide bonds. The Labute approximate surface area is 102 Å². The highest BCUT2D eigenvalue weighted by atomic mass is 16.4. The summed E-state index contributed by atoms with van der Waals surface area (Å²) >= 11 is 0. The summed E-state index contributed by atoms with van der Waals surface area (Å²) in [5.74, 6) is 0.238.